The van der Waals surface area contributed by atoms with Crippen molar-refractivity contribution < 1.29 is 14.4 Å². The van der Waals surface area contributed by atoms with E-state index >= 15 is 0 Å². The van der Waals surface area contributed by atoms with E-state index in [1.807, 2.05) is 0 Å². The van der Waals surface area contributed by atoms with Gasteiger partial charge in [0.05, 0.1) is 6.54 Å². The average molecular weight is 386 g/mol. The number of nitrogens with one attached hydrogen (secondary N) is 2. The molecule has 2 aliphatic rings. The Labute approximate surface area is 166 Å². The van der Waals surface area contributed by atoms with E-state index in [4.69, 9.17) is 0 Å². The number of likely N-dealkylation sites (tertiary alicyclic amines) is 1. The SMILES string of the molecule is CCC(CNC(=O)CNC(=O)c1ccc(N2CCCC2=O)cc1)N1CCCC1. The van der Waals surface area contributed by atoms with Gasteiger partial charge in [0.25, 0.3) is 5.91 Å². The third kappa shape index (κ3) is 5.10. The van der Waals surface area contributed by atoms with E-state index in [-0.39, 0.29) is 24.3 Å². The van der Waals surface area contributed by atoms with E-state index in [1.54, 1.807) is 29.2 Å². The Kier molecular flexibility index (Phi) is 7.03. The predicted molar refractivity (Wildman–Crippen MR) is 108 cm³/mol. The van der Waals surface area contributed by atoms with Gasteiger partial charge >= 0.3 is 0 Å². The molecule has 0 saturated carbocycles. The smallest absolute Gasteiger partial charge is 0.251 e. The quantitative estimate of drug-likeness (QED) is 0.710. The average Bonchev–Trinajstić information content (AvgIpc) is 3.39. The van der Waals surface area contributed by atoms with Crippen molar-refractivity contribution in [3.8, 4) is 0 Å². The van der Waals surface area contributed by atoms with Crippen LogP contribution in [0.25, 0.3) is 0 Å². The fourth-order valence-electron chi connectivity index (χ4n) is 3.91. The molecule has 28 heavy (non-hydrogen) atoms. The molecular weight excluding hydrogens is 356 g/mol. The fraction of sp³-hybridized carbons (Fsp3) is 0.571. The summed E-state index contributed by atoms with van der Waals surface area (Å²) < 4.78 is 0. The van der Waals surface area contributed by atoms with Crippen LogP contribution < -0.4 is 15.5 Å². The maximum atomic E-state index is 12.3. The lowest BCUT2D eigenvalue weighted by Crippen LogP contribution is -2.45. The maximum Gasteiger partial charge on any atom is 0.251 e. The Hall–Kier alpha value is -2.41. The number of carbonyl (C=O) groups excluding carboxylic acids is 3. The second-order valence-corrected chi connectivity index (χ2v) is 7.49. The Morgan fingerprint density at radius 3 is 2.36 bits per heavy atom. The van der Waals surface area contributed by atoms with Crippen molar-refractivity contribution in [3.05, 3.63) is 29.8 Å². The Bertz CT molecular complexity index is 698. The van der Waals surface area contributed by atoms with Gasteiger partial charge < -0.3 is 15.5 Å². The summed E-state index contributed by atoms with van der Waals surface area (Å²) in [5.74, 6) is -0.348. The Morgan fingerprint density at radius 1 is 1.04 bits per heavy atom. The van der Waals surface area contributed by atoms with Crippen LogP contribution in [0.15, 0.2) is 24.3 Å². The van der Waals surface area contributed by atoms with Gasteiger partial charge in [-0.05, 0) is 63.0 Å². The maximum absolute atomic E-state index is 12.3. The first kappa shape index (κ1) is 20.3. The van der Waals surface area contributed by atoms with E-state index in [0.29, 0.717) is 24.6 Å². The molecule has 7 nitrogen and oxygen atoms in total. The summed E-state index contributed by atoms with van der Waals surface area (Å²) in [4.78, 5) is 40.3. The highest BCUT2D eigenvalue weighted by Crippen LogP contribution is 2.21. The predicted octanol–water partition coefficient (Wildman–Crippen LogP) is 1.53. The van der Waals surface area contributed by atoms with Crippen LogP contribution in [0.2, 0.25) is 0 Å². The third-order valence-electron chi connectivity index (χ3n) is 5.59. The normalized spacial score (nSPS) is 18.3. The zero-order valence-electron chi connectivity index (χ0n) is 16.6. The molecule has 2 fully saturated rings. The van der Waals surface area contributed by atoms with Crippen molar-refractivity contribution in [3.63, 3.8) is 0 Å². The highest BCUT2D eigenvalue weighted by atomic mass is 16.2. The number of carbonyl (C=O) groups is 3. The monoisotopic (exact) mass is 386 g/mol. The van der Waals surface area contributed by atoms with Crippen LogP contribution in [0.1, 0.15) is 49.4 Å². The van der Waals surface area contributed by atoms with Gasteiger partial charge in [-0.15, -0.1) is 0 Å². The van der Waals surface area contributed by atoms with Crippen molar-refractivity contribution in [1.82, 2.24) is 15.5 Å². The minimum atomic E-state index is -0.291. The summed E-state index contributed by atoms with van der Waals surface area (Å²) in [6, 6.07) is 7.30. The summed E-state index contributed by atoms with van der Waals surface area (Å²) in [7, 11) is 0. The van der Waals surface area contributed by atoms with Crippen LogP contribution >= 0.6 is 0 Å². The van der Waals surface area contributed by atoms with Gasteiger partial charge in [0.2, 0.25) is 11.8 Å². The van der Waals surface area contributed by atoms with E-state index < -0.39 is 0 Å². The van der Waals surface area contributed by atoms with E-state index in [0.717, 1.165) is 38.2 Å². The zero-order valence-corrected chi connectivity index (χ0v) is 16.6. The van der Waals surface area contributed by atoms with Crippen LogP contribution in [-0.2, 0) is 9.59 Å². The largest absolute Gasteiger partial charge is 0.353 e. The van der Waals surface area contributed by atoms with E-state index in [1.165, 1.54) is 12.8 Å². The molecule has 1 aromatic carbocycles. The van der Waals surface area contributed by atoms with Gasteiger partial charge in [0.15, 0.2) is 0 Å². The van der Waals surface area contributed by atoms with Crippen LogP contribution in [0.5, 0.6) is 0 Å². The first-order valence-corrected chi connectivity index (χ1v) is 10.3. The van der Waals surface area contributed by atoms with Crippen LogP contribution in [0.4, 0.5) is 5.69 Å². The number of rotatable bonds is 8. The molecule has 2 N–H and O–H groups in total. The Morgan fingerprint density at radius 2 is 1.75 bits per heavy atom. The van der Waals surface area contributed by atoms with Crippen LogP contribution in [-0.4, -0.2) is 61.4 Å². The molecule has 0 bridgehead atoms. The lowest BCUT2D eigenvalue weighted by atomic mass is 10.2. The van der Waals surface area contributed by atoms with Crippen LogP contribution in [0.3, 0.4) is 0 Å². The third-order valence-corrected chi connectivity index (χ3v) is 5.59. The minimum Gasteiger partial charge on any atom is -0.353 e. The summed E-state index contributed by atoms with van der Waals surface area (Å²) in [6.45, 7) is 5.64. The number of nitrogens with zero attached hydrogens (tertiary/aromatic N) is 2. The van der Waals surface area contributed by atoms with Crippen molar-refractivity contribution in [2.24, 2.45) is 0 Å². The molecule has 0 aliphatic carbocycles. The number of hydrogen-bond acceptors (Lipinski definition) is 4. The van der Waals surface area contributed by atoms with Crippen LogP contribution in [0, 0.1) is 0 Å². The topological polar surface area (TPSA) is 81.8 Å². The van der Waals surface area contributed by atoms with Gasteiger partial charge in [-0.2, -0.15) is 0 Å². The standard InChI is InChI=1S/C21H30N4O3/c1-2-17(24-11-3-4-12-24)14-22-19(26)15-23-21(28)16-7-9-18(10-8-16)25-13-5-6-20(25)27/h7-10,17H,2-6,11-15H2,1H3,(H,22,26)(H,23,28). The molecular formula is C21H30N4O3. The molecule has 0 aromatic heterocycles. The highest BCUT2D eigenvalue weighted by molar-refractivity contribution is 5.98. The molecule has 2 aliphatic heterocycles. The number of hydrogen-bond donors (Lipinski definition) is 2. The molecule has 1 aromatic rings. The zero-order chi connectivity index (χ0) is 19.9. The molecule has 1 atom stereocenters. The summed E-state index contributed by atoms with van der Waals surface area (Å²) in [6.07, 6.45) is 4.90. The Balaban J connectivity index is 1.43. The van der Waals surface area contributed by atoms with Gasteiger partial charge in [-0.3, -0.25) is 19.3 Å². The molecule has 0 spiro atoms. The molecule has 1 unspecified atom stereocenters. The molecule has 152 valence electrons. The van der Waals surface area contributed by atoms with Gasteiger partial charge in [0.1, 0.15) is 0 Å². The van der Waals surface area contributed by atoms with Crippen molar-refractivity contribution in [2.75, 3.05) is 37.6 Å². The highest BCUT2D eigenvalue weighted by Gasteiger charge is 2.22. The molecule has 2 heterocycles. The summed E-state index contributed by atoms with van der Waals surface area (Å²) in [5, 5.41) is 5.59. The molecule has 2 saturated heterocycles. The number of amides is 3. The lowest BCUT2D eigenvalue weighted by Gasteiger charge is -2.26. The fourth-order valence-corrected chi connectivity index (χ4v) is 3.91. The molecule has 3 rings (SSSR count). The molecule has 3 amide bonds. The number of anilines is 1. The van der Waals surface area contributed by atoms with E-state index in [9.17, 15) is 14.4 Å². The first-order chi connectivity index (χ1) is 13.6. The van der Waals surface area contributed by atoms with E-state index in [2.05, 4.69) is 22.5 Å². The van der Waals surface area contributed by atoms with Crippen molar-refractivity contribution in [2.45, 2.75) is 45.1 Å². The second-order valence-electron chi connectivity index (χ2n) is 7.49. The van der Waals surface area contributed by atoms with Crippen molar-refractivity contribution >= 4 is 23.4 Å². The van der Waals surface area contributed by atoms with Gasteiger partial charge in [0, 0.05) is 36.8 Å². The lowest BCUT2D eigenvalue weighted by molar-refractivity contribution is -0.120. The second kappa shape index (κ2) is 9.68. The summed E-state index contributed by atoms with van der Waals surface area (Å²) >= 11 is 0. The molecule has 7 heteroatoms. The molecule has 0 radical (unpaired) electrons. The van der Waals surface area contributed by atoms with Gasteiger partial charge in [-0.1, -0.05) is 6.92 Å². The number of benzene rings is 1. The first-order valence-electron chi connectivity index (χ1n) is 10.3. The van der Waals surface area contributed by atoms with Gasteiger partial charge in [-0.25, -0.2) is 0 Å². The summed E-state index contributed by atoms with van der Waals surface area (Å²) in [5.41, 5.74) is 1.29. The van der Waals surface area contributed by atoms with Crippen molar-refractivity contribution in [1.29, 1.82) is 0 Å². The minimum absolute atomic E-state index is 0.0400.